The van der Waals surface area contributed by atoms with Gasteiger partial charge in [0.25, 0.3) is 0 Å². The first-order valence-electron chi connectivity index (χ1n) is 8.31. The van der Waals surface area contributed by atoms with Gasteiger partial charge >= 0.3 is 0 Å². The van der Waals surface area contributed by atoms with E-state index in [4.69, 9.17) is 11.0 Å². The maximum atomic E-state index is 9.09. The standard InChI is InChI=1S/C20H15N7/c21-11-15-7-4-8-16(9-15)17-10-18(24-20(22)23-17)19-13-27(26-25-19)12-14-5-2-1-3-6-14/h1-10,13H,12H2,(H2,22,23,24). The number of hydrogen-bond donors (Lipinski definition) is 1. The molecule has 7 nitrogen and oxygen atoms in total. The lowest BCUT2D eigenvalue weighted by atomic mass is 10.1. The summed E-state index contributed by atoms with van der Waals surface area (Å²) in [5, 5.41) is 17.5. The topological polar surface area (TPSA) is 106 Å². The molecule has 0 amide bonds. The molecule has 130 valence electrons. The molecule has 4 aromatic rings. The Morgan fingerprint density at radius 3 is 2.56 bits per heavy atom. The molecule has 0 aliphatic heterocycles. The van der Waals surface area contributed by atoms with E-state index in [1.54, 1.807) is 22.9 Å². The molecule has 2 aromatic heterocycles. The number of nitrogen functional groups attached to an aromatic ring is 1. The van der Waals surface area contributed by atoms with E-state index >= 15 is 0 Å². The van der Waals surface area contributed by atoms with Crippen LogP contribution in [0.1, 0.15) is 11.1 Å². The summed E-state index contributed by atoms with van der Waals surface area (Å²) < 4.78 is 1.75. The molecule has 0 radical (unpaired) electrons. The lowest BCUT2D eigenvalue weighted by Gasteiger charge is -2.05. The van der Waals surface area contributed by atoms with E-state index in [1.807, 2.05) is 48.7 Å². The molecule has 0 aliphatic rings. The van der Waals surface area contributed by atoms with Gasteiger partial charge in [-0.1, -0.05) is 47.7 Å². The van der Waals surface area contributed by atoms with E-state index in [0.717, 1.165) is 11.1 Å². The molecule has 7 heteroatoms. The third kappa shape index (κ3) is 3.65. The molecular weight excluding hydrogens is 338 g/mol. The van der Waals surface area contributed by atoms with Gasteiger partial charge in [0.1, 0.15) is 5.69 Å². The summed E-state index contributed by atoms with van der Waals surface area (Å²) in [5.41, 5.74) is 10.2. The fourth-order valence-corrected chi connectivity index (χ4v) is 2.76. The van der Waals surface area contributed by atoms with E-state index < -0.39 is 0 Å². The van der Waals surface area contributed by atoms with Crippen LogP contribution >= 0.6 is 0 Å². The van der Waals surface area contributed by atoms with Crippen LogP contribution in [0, 0.1) is 11.3 Å². The van der Waals surface area contributed by atoms with Gasteiger partial charge in [-0.2, -0.15) is 5.26 Å². The van der Waals surface area contributed by atoms with E-state index in [0.29, 0.717) is 29.2 Å². The van der Waals surface area contributed by atoms with Crippen molar-refractivity contribution < 1.29 is 0 Å². The number of nitrogens with two attached hydrogens (primary N) is 1. The zero-order valence-electron chi connectivity index (χ0n) is 14.3. The van der Waals surface area contributed by atoms with Crippen LogP contribution in [-0.4, -0.2) is 25.0 Å². The van der Waals surface area contributed by atoms with Crippen molar-refractivity contribution in [1.29, 1.82) is 5.26 Å². The Balaban J connectivity index is 1.66. The monoisotopic (exact) mass is 353 g/mol. The van der Waals surface area contributed by atoms with Crippen LogP contribution in [0.2, 0.25) is 0 Å². The van der Waals surface area contributed by atoms with Crippen LogP contribution in [0.4, 0.5) is 5.95 Å². The lowest BCUT2D eigenvalue weighted by molar-refractivity contribution is 0.650. The highest BCUT2D eigenvalue weighted by Crippen LogP contribution is 2.24. The highest BCUT2D eigenvalue weighted by Gasteiger charge is 2.11. The number of hydrogen-bond acceptors (Lipinski definition) is 6. The van der Waals surface area contributed by atoms with Gasteiger partial charge in [0, 0.05) is 5.56 Å². The van der Waals surface area contributed by atoms with Crippen molar-refractivity contribution >= 4 is 5.95 Å². The van der Waals surface area contributed by atoms with E-state index in [1.165, 1.54) is 0 Å². The Kier molecular flexibility index (Phi) is 4.29. The summed E-state index contributed by atoms with van der Waals surface area (Å²) in [6.45, 7) is 0.617. The Morgan fingerprint density at radius 2 is 1.74 bits per heavy atom. The van der Waals surface area contributed by atoms with Gasteiger partial charge in [0.15, 0.2) is 0 Å². The molecule has 0 unspecified atom stereocenters. The maximum absolute atomic E-state index is 9.09. The van der Waals surface area contributed by atoms with Crippen LogP contribution < -0.4 is 5.73 Å². The first-order chi connectivity index (χ1) is 13.2. The predicted molar refractivity (Wildman–Crippen MR) is 101 cm³/mol. The first kappa shape index (κ1) is 16.4. The van der Waals surface area contributed by atoms with E-state index in [9.17, 15) is 0 Å². The van der Waals surface area contributed by atoms with Gasteiger partial charge in [0.05, 0.1) is 35.8 Å². The molecule has 2 heterocycles. The average molecular weight is 353 g/mol. The van der Waals surface area contributed by atoms with Crippen molar-refractivity contribution in [2.24, 2.45) is 0 Å². The molecular formula is C20H15N7. The number of anilines is 1. The predicted octanol–water partition coefficient (Wildman–Crippen LogP) is 2.90. The van der Waals surface area contributed by atoms with Crippen molar-refractivity contribution in [3.63, 3.8) is 0 Å². The van der Waals surface area contributed by atoms with E-state index in [-0.39, 0.29) is 5.95 Å². The van der Waals surface area contributed by atoms with Gasteiger partial charge in [-0.15, -0.1) is 5.10 Å². The van der Waals surface area contributed by atoms with Gasteiger partial charge < -0.3 is 5.73 Å². The largest absolute Gasteiger partial charge is 0.368 e. The summed E-state index contributed by atoms with van der Waals surface area (Å²) in [5.74, 6) is 0.141. The summed E-state index contributed by atoms with van der Waals surface area (Å²) in [6.07, 6.45) is 1.82. The minimum atomic E-state index is 0.141. The molecule has 4 rings (SSSR count). The number of nitrogens with zero attached hydrogens (tertiary/aromatic N) is 6. The third-order valence-corrected chi connectivity index (χ3v) is 4.02. The van der Waals surface area contributed by atoms with Crippen molar-refractivity contribution in [2.75, 3.05) is 5.73 Å². The van der Waals surface area contributed by atoms with Crippen LogP contribution in [-0.2, 0) is 6.54 Å². The van der Waals surface area contributed by atoms with Crippen molar-refractivity contribution in [3.8, 4) is 28.7 Å². The molecule has 27 heavy (non-hydrogen) atoms. The smallest absolute Gasteiger partial charge is 0.221 e. The third-order valence-electron chi connectivity index (χ3n) is 4.02. The number of benzene rings is 2. The molecule has 0 fully saturated rings. The van der Waals surface area contributed by atoms with Crippen LogP contribution in [0.15, 0.2) is 66.9 Å². The van der Waals surface area contributed by atoms with Gasteiger partial charge in [-0.3, -0.25) is 0 Å². The zero-order valence-corrected chi connectivity index (χ0v) is 14.3. The summed E-state index contributed by atoms with van der Waals surface area (Å²) in [6, 6.07) is 21.1. The quantitative estimate of drug-likeness (QED) is 0.604. The van der Waals surface area contributed by atoms with Crippen molar-refractivity contribution in [3.05, 3.63) is 78.0 Å². The molecule has 0 spiro atoms. The van der Waals surface area contributed by atoms with Gasteiger partial charge in [-0.05, 0) is 23.8 Å². The Bertz CT molecular complexity index is 1130. The summed E-state index contributed by atoms with van der Waals surface area (Å²) in [4.78, 5) is 8.56. The Hall–Kier alpha value is -4.05. The second kappa shape index (κ2) is 7.06. The minimum absolute atomic E-state index is 0.141. The van der Waals surface area contributed by atoms with Crippen molar-refractivity contribution in [2.45, 2.75) is 6.54 Å². The SMILES string of the molecule is N#Cc1cccc(-c2cc(-c3cn(Cc4ccccc4)nn3)nc(N)n2)c1. The highest BCUT2D eigenvalue weighted by atomic mass is 15.4. The van der Waals surface area contributed by atoms with Crippen LogP contribution in [0.5, 0.6) is 0 Å². The number of aromatic nitrogens is 5. The van der Waals surface area contributed by atoms with Crippen molar-refractivity contribution in [1.82, 2.24) is 25.0 Å². The summed E-state index contributed by atoms with van der Waals surface area (Å²) in [7, 11) is 0. The Morgan fingerprint density at radius 1 is 0.926 bits per heavy atom. The molecule has 2 N–H and O–H groups in total. The molecule has 0 bridgehead atoms. The van der Waals surface area contributed by atoms with Crippen LogP contribution in [0.25, 0.3) is 22.6 Å². The van der Waals surface area contributed by atoms with Gasteiger partial charge in [-0.25, -0.2) is 14.6 Å². The van der Waals surface area contributed by atoms with Gasteiger partial charge in [0.2, 0.25) is 5.95 Å². The lowest BCUT2D eigenvalue weighted by Crippen LogP contribution is -2.00. The molecule has 2 aromatic carbocycles. The first-order valence-corrected chi connectivity index (χ1v) is 8.31. The number of nitriles is 1. The fraction of sp³-hybridized carbons (Fsp3) is 0.0500. The second-order valence-corrected chi connectivity index (χ2v) is 5.98. The average Bonchev–Trinajstić information content (AvgIpc) is 3.17. The highest BCUT2D eigenvalue weighted by molar-refractivity contribution is 5.68. The second-order valence-electron chi connectivity index (χ2n) is 5.98. The maximum Gasteiger partial charge on any atom is 0.221 e. The normalized spacial score (nSPS) is 10.5. The zero-order chi connectivity index (χ0) is 18.6. The molecule has 0 saturated heterocycles. The number of rotatable bonds is 4. The molecule has 0 atom stereocenters. The fourth-order valence-electron chi connectivity index (χ4n) is 2.76. The van der Waals surface area contributed by atoms with E-state index in [2.05, 4.69) is 26.3 Å². The molecule has 0 saturated carbocycles. The minimum Gasteiger partial charge on any atom is -0.368 e. The van der Waals surface area contributed by atoms with Crippen LogP contribution in [0.3, 0.4) is 0 Å². The molecule has 0 aliphatic carbocycles. The summed E-state index contributed by atoms with van der Waals surface area (Å²) >= 11 is 0. The Labute approximate surface area is 155 Å².